The Bertz CT molecular complexity index is 1080. The van der Waals surface area contributed by atoms with Gasteiger partial charge in [0.05, 0.1) is 17.3 Å². The third-order valence-electron chi connectivity index (χ3n) is 5.50. The third kappa shape index (κ3) is 3.41. The molecule has 4 amide bonds. The van der Waals surface area contributed by atoms with Crippen LogP contribution in [-0.2, 0) is 9.59 Å². The van der Waals surface area contributed by atoms with Crippen molar-refractivity contribution in [1.29, 1.82) is 0 Å². The lowest BCUT2D eigenvalue weighted by atomic mass is 9.99. The van der Waals surface area contributed by atoms with Crippen molar-refractivity contribution < 1.29 is 14.4 Å². The summed E-state index contributed by atoms with van der Waals surface area (Å²) in [6, 6.07) is 10.1. The Morgan fingerprint density at radius 2 is 1.77 bits per heavy atom. The van der Waals surface area contributed by atoms with Gasteiger partial charge in [-0.1, -0.05) is 17.7 Å². The Hall–Kier alpha value is -3.32. The first-order valence-corrected chi connectivity index (χ1v) is 9.86. The molecule has 2 aliphatic rings. The lowest BCUT2D eigenvalue weighted by Crippen LogP contribution is -2.65. The maximum atomic E-state index is 13.1. The second-order valence-corrected chi connectivity index (χ2v) is 7.96. The number of rotatable bonds is 3. The van der Waals surface area contributed by atoms with Crippen LogP contribution < -0.4 is 15.5 Å². The molecule has 1 saturated heterocycles. The number of nitrogens with zero attached hydrogens (tertiary/aromatic N) is 2. The van der Waals surface area contributed by atoms with Gasteiger partial charge in [0.1, 0.15) is 6.04 Å². The number of benzene rings is 2. The summed E-state index contributed by atoms with van der Waals surface area (Å²) in [7, 11) is 1.71. The van der Waals surface area contributed by atoms with Crippen LogP contribution >= 0.6 is 11.6 Å². The Morgan fingerprint density at radius 1 is 1.07 bits per heavy atom. The van der Waals surface area contributed by atoms with E-state index in [0.29, 0.717) is 22.0 Å². The number of hydrogen-bond acceptors (Lipinski definition) is 4. The number of carbonyl (C=O) groups excluding carboxylic acids is 3. The first-order valence-electron chi connectivity index (χ1n) is 9.48. The summed E-state index contributed by atoms with van der Waals surface area (Å²) in [6.07, 6.45) is 1.61. The van der Waals surface area contributed by atoms with Gasteiger partial charge in [0.15, 0.2) is 0 Å². The third-order valence-corrected chi connectivity index (χ3v) is 5.75. The summed E-state index contributed by atoms with van der Waals surface area (Å²) < 4.78 is 0. The van der Waals surface area contributed by atoms with Crippen LogP contribution in [0.15, 0.2) is 54.2 Å². The first-order chi connectivity index (χ1) is 14.3. The molecular weight excluding hydrogens is 404 g/mol. The maximum absolute atomic E-state index is 13.1. The molecule has 2 heterocycles. The zero-order chi connectivity index (χ0) is 21.6. The molecule has 2 unspecified atom stereocenters. The van der Waals surface area contributed by atoms with Crippen LogP contribution in [0.2, 0.25) is 5.02 Å². The van der Waals surface area contributed by atoms with Crippen molar-refractivity contribution in [3.63, 3.8) is 0 Å². The molecule has 2 aromatic carbocycles. The number of anilines is 2. The van der Waals surface area contributed by atoms with Gasteiger partial charge in [-0.2, -0.15) is 0 Å². The van der Waals surface area contributed by atoms with Crippen molar-refractivity contribution in [3.05, 3.63) is 70.4 Å². The Morgan fingerprint density at radius 3 is 2.43 bits per heavy atom. The zero-order valence-corrected chi connectivity index (χ0v) is 17.5. The van der Waals surface area contributed by atoms with Crippen LogP contribution in [0.5, 0.6) is 0 Å². The largest absolute Gasteiger partial charge is 0.366 e. The monoisotopic (exact) mass is 424 g/mol. The standard InChI is InChI=1S/C22H21ClN4O3/c1-12-4-7-15(10-13(12)2)24-20(28)17-11-26(3)19-18(17)25-22(30)27(21(19)29)16-8-5-14(23)6-9-16/h4-11,18-19H,1-3H3,(H,24,28)(H,25,30). The van der Waals surface area contributed by atoms with E-state index in [-0.39, 0.29) is 5.91 Å². The van der Waals surface area contributed by atoms with Gasteiger partial charge in [0.2, 0.25) is 0 Å². The quantitative estimate of drug-likeness (QED) is 0.792. The van der Waals surface area contributed by atoms with Crippen molar-refractivity contribution in [1.82, 2.24) is 10.2 Å². The summed E-state index contributed by atoms with van der Waals surface area (Å²) in [5, 5.41) is 6.17. The van der Waals surface area contributed by atoms with Crippen molar-refractivity contribution >= 4 is 40.8 Å². The molecule has 0 bridgehead atoms. The summed E-state index contributed by atoms with van der Waals surface area (Å²) in [5.74, 6) is -0.760. The number of imide groups is 1. The molecule has 8 heteroatoms. The fourth-order valence-corrected chi connectivity index (χ4v) is 3.87. The second-order valence-electron chi connectivity index (χ2n) is 7.53. The lowest BCUT2D eigenvalue weighted by Gasteiger charge is -2.37. The van der Waals surface area contributed by atoms with E-state index in [1.165, 1.54) is 0 Å². The smallest absolute Gasteiger partial charge is 0.329 e. The molecule has 0 radical (unpaired) electrons. The molecule has 154 valence electrons. The molecular formula is C22H21ClN4O3. The van der Waals surface area contributed by atoms with E-state index in [1.807, 2.05) is 32.0 Å². The normalized spacial score (nSPS) is 20.6. The molecule has 2 atom stereocenters. The minimum atomic E-state index is -0.731. The average Bonchev–Trinajstić information content (AvgIpc) is 3.02. The summed E-state index contributed by atoms with van der Waals surface area (Å²) in [4.78, 5) is 41.5. The summed E-state index contributed by atoms with van der Waals surface area (Å²) in [5.41, 5.74) is 3.59. The Balaban J connectivity index is 1.57. The molecule has 0 saturated carbocycles. The Kier molecular flexibility index (Phi) is 4.99. The summed E-state index contributed by atoms with van der Waals surface area (Å²) in [6.45, 7) is 3.96. The van der Waals surface area contributed by atoms with Gasteiger partial charge in [0, 0.05) is 24.0 Å². The van der Waals surface area contributed by atoms with E-state index < -0.39 is 24.0 Å². The van der Waals surface area contributed by atoms with Gasteiger partial charge in [-0.15, -0.1) is 0 Å². The molecule has 7 nitrogen and oxygen atoms in total. The average molecular weight is 425 g/mol. The maximum Gasteiger partial charge on any atom is 0.329 e. The van der Waals surface area contributed by atoms with Gasteiger partial charge in [-0.3, -0.25) is 9.59 Å². The SMILES string of the molecule is Cc1ccc(NC(=O)C2=CN(C)C3C(=O)N(c4ccc(Cl)cc4)C(=O)NC23)cc1C. The van der Waals surface area contributed by atoms with Crippen LogP contribution in [-0.4, -0.2) is 41.9 Å². The van der Waals surface area contributed by atoms with Crippen molar-refractivity contribution in [2.45, 2.75) is 25.9 Å². The predicted molar refractivity (Wildman–Crippen MR) is 115 cm³/mol. The van der Waals surface area contributed by atoms with Crippen molar-refractivity contribution in [3.8, 4) is 0 Å². The lowest BCUT2D eigenvalue weighted by molar-refractivity contribution is -0.122. The first kappa shape index (κ1) is 20.0. The highest BCUT2D eigenvalue weighted by molar-refractivity contribution is 6.30. The van der Waals surface area contributed by atoms with Gasteiger partial charge >= 0.3 is 6.03 Å². The number of hydrogen-bond donors (Lipinski definition) is 2. The highest BCUT2D eigenvalue weighted by atomic mass is 35.5. The predicted octanol–water partition coefficient (Wildman–Crippen LogP) is 3.22. The van der Waals surface area contributed by atoms with Crippen LogP contribution in [0.25, 0.3) is 0 Å². The second kappa shape index (κ2) is 7.50. The molecule has 0 aliphatic carbocycles. The van der Waals surface area contributed by atoms with Crippen LogP contribution in [0.3, 0.4) is 0 Å². The van der Waals surface area contributed by atoms with E-state index >= 15 is 0 Å². The van der Waals surface area contributed by atoms with Gasteiger partial charge in [-0.05, 0) is 61.4 Å². The van der Waals surface area contributed by atoms with Crippen molar-refractivity contribution in [2.75, 3.05) is 17.3 Å². The minimum Gasteiger partial charge on any atom is -0.366 e. The Labute approximate surface area is 179 Å². The molecule has 0 spiro atoms. The zero-order valence-electron chi connectivity index (χ0n) is 16.8. The number of aryl methyl sites for hydroxylation is 2. The van der Waals surface area contributed by atoms with Gasteiger partial charge in [-0.25, -0.2) is 9.69 Å². The number of amides is 4. The minimum absolute atomic E-state index is 0.332. The van der Waals surface area contributed by atoms with E-state index in [2.05, 4.69) is 10.6 Å². The molecule has 2 aromatic rings. The number of nitrogens with one attached hydrogen (secondary N) is 2. The molecule has 4 rings (SSSR count). The van der Waals surface area contributed by atoms with Gasteiger partial charge in [0.25, 0.3) is 11.8 Å². The fraction of sp³-hybridized carbons (Fsp3) is 0.227. The van der Waals surface area contributed by atoms with E-state index in [1.54, 1.807) is 42.4 Å². The highest BCUT2D eigenvalue weighted by Crippen LogP contribution is 2.30. The van der Waals surface area contributed by atoms with Crippen LogP contribution in [0, 0.1) is 13.8 Å². The van der Waals surface area contributed by atoms with Crippen LogP contribution in [0.1, 0.15) is 11.1 Å². The number of likely N-dealkylation sites (N-methyl/N-ethyl adjacent to an activating group) is 1. The molecule has 2 N–H and O–H groups in total. The number of fused-ring (bicyclic) bond motifs is 1. The van der Waals surface area contributed by atoms with E-state index in [4.69, 9.17) is 11.6 Å². The van der Waals surface area contributed by atoms with Gasteiger partial charge < -0.3 is 15.5 Å². The topological polar surface area (TPSA) is 81.8 Å². The number of urea groups is 1. The summed E-state index contributed by atoms with van der Waals surface area (Å²) >= 11 is 5.91. The van der Waals surface area contributed by atoms with E-state index in [9.17, 15) is 14.4 Å². The van der Waals surface area contributed by atoms with Crippen LogP contribution in [0.4, 0.5) is 16.2 Å². The number of halogens is 1. The molecule has 30 heavy (non-hydrogen) atoms. The highest BCUT2D eigenvalue weighted by Gasteiger charge is 2.49. The molecule has 2 aliphatic heterocycles. The fourth-order valence-electron chi connectivity index (χ4n) is 3.75. The van der Waals surface area contributed by atoms with Crippen molar-refractivity contribution in [2.24, 2.45) is 0 Å². The number of carbonyl (C=O) groups is 3. The molecule has 0 aromatic heterocycles. The molecule has 1 fully saturated rings. The van der Waals surface area contributed by atoms with E-state index in [0.717, 1.165) is 16.0 Å².